The number of methoxy groups -OCH3 is 3. The third-order valence-electron chi connectivity index (χ3n) is 4.95. The van der Waals surface area contributed by atoms with Crippen LogP contribution in [-0.2, 0) is 16.0 Å². The van der Waals surface area contributed by atoms with Crippen LogP contribution in [0.4, 0.5) is 0 Å². The van der Waals surface area contributed by atoms with Crippen molar-refractivity contribution >= 4 is 5.97 Å². The Bertz CT molecular complexity index is 626. The van der Waals surface area contributed by atoms with Crippen molar-refractivity contribution < 1.29 is 23.7 Å². The molecule has 5 heteroatoms. The molecule has 1 heterocycles. The first-order chi connectivity index (χ1) is 11.0. The van der Waals surface area contributed by atoms with Crippen LogP contribution < -0.4 is 14.2 Å². The van der Waals surface area contributed by atoms with Crippen LogP contribution in [-0.4, -0.2) is 33.9 Å². The van der Waals surface area contributed by atoms with Gasteiger partial charge >= 0.3 is 5.97 Å². The summed E-state index contributed by atoms with van der Waals surface area (Å²) in [6.45, 7) is 4.56. The second-order valence-corrected chi connectivity index (χ2v) is 6.29. The number of allylic oxidation sites excluding steroid dienone is 1. The molecule has 0 N–H and O–H groups in total. The van der Waals surface area contributed by atoms with Gasteiger partial charge in [-0.05, 0) is 37.0 Å². The summed E-state index contributed by atoms with van der Waals surface area (Å²) in [6.07, 6.45) is 2.13. The van der Waals surface area contributed by atoms with Gasteiger partial charge in [0.15, 0.2) is 11.5 Å². The molecule has 124 valence electrons. The Balaban J connectivity index is 1.99. The van der Waals surface area contributed by atoms with Crippen LogP contribution in [0, 0.1) is 11.3 Å². The summed E-state index contributed by atoms with van der Waals surface area (Å²) in [5.41, 5.74) is 1.60. The highest BCUT2D eigenvalue weighted by Gasteiger charge is 2.56. The lowest BCUT2D eigenvalue weighted by Crippen LogP contribution is -2.31. The van der Waals surface area contributed by atoms with E-state index in [1.807, 2.05) is 12.1 Å². The van der Waals surface area contributed by atoms with Gasteiger partial charge in [-0.15, -0.1) is 0 Å². The maximum absolute atomic E-state index is 12.4. The summed E-state index contributed by atoms with van der Waals surface area (Å²) >= 11 is 0. The fourth-order valence-corrected chi connectivity index (χ4v) is 3.86. The van der Waals surface area contributed by atoms with Crippen molar-refractivity contribution in [2.75, 3.05) is 27.9 Å². The molecule has 0 bridgehead atoms. The average Bonchev–Trinajstić information content (AvgIpc) is 3.01. The predicted molar refractivity (Wildman–Crippen MR) is 85.1 cm³/mol. The van der Waals surface area contributed by atoms with E-state index in [2.05, 4.69) is 6.58 Å². The lowest BCUT2D eigenvalue weighted by Gasteiger charge is -2.25. The van der Waals surface area contributed by atoms with E-state index < -0.39 is 5.41 Å². The molecule has 5 nitrogen and oxygen atoms in total. The zero-order valence-electron chi connectivity index (χ0n) is 13.8. The van der Waals surface area contributed by atoms with Gasteiger partial charge in [-0.2, -0.15) is 0 Å². The van der Waals surface area contributed by atoms with Gasteiger partial charge in [-0.25, -0.2) is 0 Å². The minimum Gasteiger partial charge on any atom is -0.493 e. The third-order valence-corrected chi connectivity index (χ3v) is 4.95. The number of hydrogen-bond donors (Lipinski definition) is 0. The van der Waals surface area contributed by atoms with Crippen molar-refractivity contribution in [2.45, 2.75) is 19.3 Å². The lowest BCUT2D eigenvalue weighted by atomic mass is 9.75. The molecular weight excluding hydrogens is 296 g/mol. The summed E-state index contributed by atoms with van der Waals surface area (Å²) in [5.74, 6) is 1.84. The van der Waals surface area contributed by atoms with Crippen LogP contribution in [0.15, 0.2) is 24.3 Å². The smallest absolute Gasteiger partial charge is 0.313 e. The molecule has 2 unspecified atom stereocenters. The highest BCUT2D eigenvalue weighted by molar-refractivity contribution is 5.81. The van der Waals surface area contributed by atoms with Gasteiger partial charge in [-0.3, -0.25) is 4.79 Å². The number of carbonyl (C=O) groups is 1. The van der Waals surface area contributed by atoms with E-state index in [9.17, 15) is 4.79 Å². The summed E-state index contributed by atoms with van der Waals surface area (Å²) in [4.78, 5) is 12.4. The SMILES string of the molecule is C=C1CC2COC(=O)C2(Cc2cc(OC)c(OC)c(OC)c2)C1. The zero-order valence-corrected chi connectivity index (χ0v) is 13.8. The molecule has 0 aromatic heterocycles. The van der Waals surface area contributed by atoms with Gasteiger partial charge in [0.05, 0.1) is 33.4 Å². The number of esters is 1. The van der Waals surface area contributed by atoms with Crippen molar-refractivity contribution in [3.8, 4) is 17.2 Å². The van der Waals surface area contributed by atoms with Gasteiger partial charge in [0.1, 0.15) is 0 Å². The molecule has 1 aromatic carbocycles. The van der Waals surface area contributed by atoms with Crippen LogP contribution in [0.25, 0.3) is 0 Å². The van der Waals surface area contributed by atoms with E-state index in [1.54, 1.807) is 21.3 Å². The molecule has 0 spiro atoms. The Hall–Kier alpha value is -2.17. The molecule has 1 saturated carbocycles. The maximum atomic E-state index is 12.4. The van der Waals surface area contributed by atoms with Gasteiger partial charge in [0.25, 0.3) is 0 Å². The topological polar surface area (TPSA) is 54.0 Å². The second kappa shape index (κ2) is 5.80. The van der Waals surface area contributed by atoms with Crippen LogP contribution in [0.1, 0.15) is 18.4 Å². The van der Waals surface area contributed by atoms with E-state index in [4.69, 9.17) is 18.9 Å². The van der Waals surface area contributed by atoms with Gasteiger partial charge in [0, 0.05) is 5.92 Å². The monoisotopic (exact) mass is 318 g/mol. The first-order valence-electron chi connectivity index (χ1n) is 7.67. The molecule has 1 aromatic rings. The standard InChI is InChI=1S/C18H22O5/c1-11-5-13-10-23-17(19)18(13,8-11)9-12-6-14(20-2)16(22-4)15(7-12)21-3/h6-7,13H,1,5,8-10H2,2-4H3. The molecule has 1 aliphatic heterocycles. The van der Waals surface area contributed by atoms with E-state index in [-0.39, 0.29) is 11.9 Å². The van der Waals surface area contributed by atoms with E-state index in [0.717, 1.165) is 17.6 Å². The number of ether oxygens (including phenoxy) is 4. The Labute approximate surface area is 136 Å². The summed E-state index contributed by atoms with van der Waals surface area (Å²) in [7, 11) is 4.75. The minimum atomic E-state index is -0.498. The number of cyclic esters (lactones) is 1. The molecule has 1 saturated heterocycles. The number of rotatable bonds is 5. The lowest BCUT2D eigenvalue weighted by molar-refractivity contribution is -0.146. The third kappa shape index (κ3) is 2.44. The molecular formula is C18H22O5. The highest BCUT2D eigenvalue weighted by atomic mass is 16.5. The second-order valence-electron chi connectivity index (χ2n) is 6.29. The minimum absolute atomic E-state index is 0.116. The molecule has 0 amide bonds. The van der Waals surface area contributed by atoms with Gasteiger partial charge < -0.3 is 18.9 Å². The van der Waals surface area contributed by atoms with Crippen LogP contribution >= 0.6 is 0 Å². The van der Waals surface area contributed by atoms with Gasteiger partial charge in [0.2, 0.25) is 5.75 Å². The predicted octanol–water partition coefficient (Wildman–Crippen LogP) is 2.76. The van der Waals surface area contributed by atoms with Crippen LogP contribution in [0.3, 0.4) is 0 Å². The first kappa shape index (κ1) is 15.7. The van der Waals surface area contributed by atoms with Crippen LogP contribution in [0.5, 0.6) is 17.2 Å². The Morgan fingerprint density at radius 1 is 1.22 bits per heavy atom. The van der Waals surface area contributed by atoms with E-state index in [0.29, 0.717) is 36.7 Å². The Morgan fingerprint density at radius 2 is 1.87 bits per heavy atom. The number of carbonyl (C=O) groups excluding carboxylic acids is 1. The zero-order chi connectivity index (χ0) is 16.6. The molecule has 0 radical (unpaired) electrons. The quantitative estimate of drug-likeness (QED) is 0.617. The van der Waals surface area contributed by atoms with Crippen molar-refractivity contribution in [2.24, 2.45) is 11.3 Å². The van der Waals surface area contributed by atoms with E-state index >= 15 is 0 Å². The number of hydrogen-bond acceptors (Lipinski definition) is 5. The van der Waals surface area contributed by atoms with Gasteiger partial charge in [-0.1, -0.05) is 12.2 Å². The average molecular weight is 318 g/mol. The fraction of sp³-hybridized carbons (Fsp3) is 0.500. The molecule has 3 rings (SSSR count). The highest BCUT2D eigenvalue weighted by Crippen LogP contribution is 2.53. The van der Waals surface area contributed by atoms with E-state index in [1.165, 1.54) is 0 Å². The molecule has 2 atom stereocenters. The van der Waals surface area contributed by atoms with Crippen LogP contribution in [0.2, 0.25) is 0 Å². The largest absolute Gasteiger partial charge is 0.493 e. The Morgan fingerprint density at radius 3 is 2.43 bits per heavy atom. The molecule has 2 aliphatic rings. The normalized spacial score (nSPS) is 26.0. The molecule has 23 heavy (non-hydrogen) atoms. The fourth-order valence-electron chi connectivity index (χ4n) is 3.86. The van der Waals surface area contributed by atoms with Crippen molar-refractivity contribution in [3.63, 3.8) is 0 Å². The maximum Gasteiger partial charge on any atom is 0.313 e. The molecule has 1 aliphatic carbocycles. The van der Waals surface area contributed by atoms with Crippen molar-refractivity contribution in [1.29, 1.82) is 0 Å². The summed E-state index contributed by atoms with van der Waals surface area (Å²) < 4.78 is 21.5. The first-order valence-corrected chi connectivity index (χ1v) is 7.67. The summed E-state index contributed by atoms with van der Waals surface area (Å²) in [6, 6.07) is 3.81. The molecule has 2 fully saturated rings. The number of benzene rings is 1. The number of fused-ring (bicyclic) bond motifs is 1. The van der Waals surface area contributed by atoms with Crippen molar-refractivity contribution in [1.82, 2.24) is 0 Å². The Kier molecular flexibility index (Phi) is 3.96. The van der Waals surface area contributed by atoms with Crippen molar-refractivity contribution in [3.05, 3.63) is 29.8 Å². The summed E-state index contributed by atoms with van der Waals surface area (Å²) in [5, 5.41) is 0.